The summed E-state index contributed by atoms with van der Waals surface area (Å²) in [5.41, 5.74) is 6.75. The molecule has 4 nitrogen and oxygen atoms in total. The number of nitrogen functional groups attached to an aromatic ring is 1. The first-order valence-corrected chi connectivity index (χ1v) is 5.20. The normalized spacial score (nSPS) is 10.1. The molecule has 0 atom stereocenters. The van der Waals surface area contributed by atoms with Crippen LogP contribution in [0.2, 0.25) is 10.0 Å². The first-order chi connectivity index (χ1) is 7.65. The number of rotatable bonds is 2. The molecule has 6 heteroatoms. The van der Waals surface area contributed by atoms with E-state index >= 15 is 0 Å². The number of benzene rings is 1. The SMILES string of the molecule is Nc1cnc(Nc2ccc(Cl)c(Cl)c2)nc1. The minimum atomic E-state index is 0.451. The number of halogens is 2. The van der Waals surface area contributed by atoms with Gasteiger partial charge in [-0.3, -0.25) is 0 Å². The summed E-state index contributed by atoms with van der Waals surface area (Å²) in [5.74, 6) is 0.451. The lowest BCUT2D eigenvalue weighted by Crippen LogP contribution is -1.97. The molecule has 0 saturated carbocycles. The zero-order chi connectivity index (χ0) is 11.5. The van der Waals surface area contributed by atoms with Crippen molar-refractivity contribution in [3.8, 4) is 0 Å². The van der Waals surface area contributed by atoms with Gasteiger partial charge in [-0.25, -0.2) is 9.97 Å². The van der Waals surface area contributed by atoms with Crippen molar-refractivity contribution in [2.75, 3.05) is 11.1 Å². The van der Waals surface area contributed by atoms with Gasteiger partial charge in [0.25, 0.3) is 0 Å². The molecular formula is C10H8Cl2N4. The maximum Gasteiger partial charge on any atom is 0.227 e. The highest BCUT2D eigenvalue weighted by Crippen LogP contribution is 2.26. The number of hydrogen-bond donors (Lipinski definition) is 2. The summed E-state index contributed by atoms with van der Waals surface area (Å²) in [4.78, 5) is 8.00. The van der Waals surface area contributed by atoms with Crippen molar-refractivity contribution in [1.82, 2.24) is 9.97 Å². The van der Waals surface area contributed by atoms with E-state index in [-0.39, 0.29) is 0 Å². The Bertz CT molecular complexity index is 499. The van der Waals surface area contributed by atoms with Gasteiger partial charge in [-0.1, -0.05) is 23.2 Å². The maximum atomic E-state index is 5.87. The van der Waals surface area contributed by atoms with E-state index < -0.39 is 0 Å². The minimum Gasteiger partial charge on any atom is -0.396 e. The fourth-order valence-corrected chi connectivity index (χ4v) is 1.40. The zero-order valence-corrected chi connectivity index (χ0v) is 9.63. The van der Waals surface area contributed by atoms with Gasteiger partial charge in [-0.05, 0) is 18.2 Å². The molecule has 0 spiro atoms. The summed E-state index contributed by atoms with van der Waals surface area (Å²) in [6.45, 7) is 0. The molecule has 0 aliphatic heterocycles. The van der Waals surface area contributed by atoms with Crippen molar-refractivity contribution in [1.29, 1.82) is 0 Å². The van der Waals surface area contributed by atoms with Gasteiger partial charge in [0.2, 0.25) is 5.95 Å². The van der Waals surface area contributed by atoms with Crippen molar-refractivity contribution in [2.45, 2.75) is 0 Å². The van der Waals surface area contributed by atoms with Gasteiger partial charge >= 0.3 is 0 Å². The first kappa shape index (κ1) is 11.0. The van der Waals surface area contributed by atoms with Crippen LogP contribution in [0.5, 0.6) is 0 Å². The van der Waals surface area contributed by atoms with Crippen LogP contribution < -0.4 is 11.1 Å². The third kappa shape index (κ3) is 2.53. The summed E-state index contributed by atoms with van der Waals surface area (Å²) < 4.78 is 0. The van der Waals surface area contributed by atoms with Gasteiger partial charge in [-0.15, -0.1) is 0 Å². The van der Waals surface area contributed by atoms with Crippen LogP contribution in [-0.2, 0) is 0 Å². The topological polar surface area (TPSA) is 63.8 Å². The molecule has 2 aromatic rings. The second kappa shape index (κ2) is 4.55. The predicted molar refractivity (Wildman–Crippen MR) is 66.2 cm³/mol. The van der Waals surface area contributed by atoms with Crippen molar-refractivity contribution >= 4 is 40.5 Å². The summed E-state index contributed by atoms with van der Waals surface area (Å²) >= 11 is 11.7. The van der Waals surface area contributed by atoms with E-state index in [0.717, 1.165) is 5.69 Å². The number of aromatic nitrogens is 2. The summed E-state index contributed by atoms with van der Waals surface area (Å²) in [7, 11) is 0. The Morgan fingerprint density at radius 2 is 1.75 bits per heavy atom. The van der Waals surface area contributed by atoms with Gasteiger partial charge in [0.1, 0.15) is 0 Å². The Balaban J connectivity index is 2.20. The quantitative estimate of drug-likeness (QED) is 0.865. The fourth-order valence-electron chi connectivity index (χ4n) is 1.11. The molecule has 82 valence electrons. The average molecular weight is 255 g/mol. The Morgan fingerprint density at radius 1 is 1.06 bits per heavy atom. The average Bonchev–Trinajstić information content (AvgIpc) is 2.27. The standard InChI is InChI=1S/C10H8Cl2N4/c11-8-2-1-7(3-9(8)12)16-10-14-4-6(13)5-15-10/h1-5H,13H2,(H,14,15,16). The molecule has 0 unspecified atom stereocenters. The first-order valence-electron chi connectivity index (χ1n) is 4.45. The number of nitrogens with two attached hydrogens (primary N) is 1. The summed E-state index contributed by atoms with van der Waals surface area (Å²) in [6.07, 6.45) is 3.04. The highest BCUT2D eigenvalue weighted by atomic mass is 35.5. The Hall–Kier alpha value is -1.52. The molecule has 1 heterocycles. The highest BCUT2D eigenvalue weighted by Gasteiger charge is 2.01. The lowest BCUT2D eigenvalue weighted by Gasteiger charge is -2.05. The van der Waals surface area contributed by atoms with E-state index in [9.17, 15) is 0 Å². The highest BCUT2D eigenvalue weighted by molar-refractivity contribution is 6.42. The Morgan fingerprint density at radius 3 is 2.38 bits per heavy atom. The molecule has 0 aliphatic rings. The molecule has 0 amide bonds. The fraction of sp³-hybridized carbons (Fsp3) is 0. The predicted octanol–water partition coefficient (Wildman–Crippen LogP) is 3.11. The van der Waals surface area contributed by atoms with Crippen LogP contribution in [0.4, 0.5) is 17.3 Å². The summed E-state index contributed by atoms with van der Waals surface area (Å²) in [6, 6.07) is 5.18. The van der Waals surface area contributed by atoms with Crippen LogP contribution >= 0.6 is 23.2 Å². The maximum absolute atomic E-state index is 5.87. The van der Waals surface area contributed by atoms with E-state index in [2.05, 4.69) is 15.3 Å². The minimum absolute atomic E-state index is 0.451. The molecular weight excluding hydrogens is 247 g/mol. The van der Waals surface area contributed by atoms with Crippen LogP contribution in [0, 0.1) is 0 Å². The smallest absolute Gasteiger partial charge is 0.227 e. The Labute approximate surface area is 102 Å². The molecule has 2 rings (SSSR count). The van der Waals surface area contributed by atoms with E-state index in [4.69, 9.17) is 28.9 Å². The van der Waals surface area contributed by atoms with Crippen LogP contribution in [0.3, 0.4) is 0 Å². The van der Waals surface area contributed by atoms with Gasteiger partial charge in [-0.2, -0.15) is 0 Å². The van der Waals surface area contributed by atoms with Gasteiger partial charge < -0.3 is 11.1 Å². The van der Waals surface area contributed by atoms with Crippen molar-refractivity contribution in [3.63, 3.8) is 0 Å². The molecule has 0 radical (unpaired) electrons. The third-order valence-electron chi connectivity index (χ3n) is 1.85. The molecule has 0 saturated heterocycles. The molecule has 0 fully saturated rings. The number of nitrogens with one attached hydrogen (secondary N) is 1. The number of hydrogen-bond acceptors (Lipinski definition) is 4. The third-order valence-corrected chi connectivity index (χ3v) is 2.59. The lowest BCUT2D eigenvalue weighted by atomic mass is 10.3. The monoisotopic (exact) mass is 254 g/mol. The van der Waals surface area contributed by atoms with Crippen molar-refractivity contribution in [2.24, 2.45) is 0 Å². The second-order valence-corrected chi connectivity index (χ2v) is 3.91. The Kier molecular flexibility index (Phi) is 3.12. The van der Waals surface area contributed by atoms with Crippen molar-refractivity contribution < 1.29 is 0 Å². The molecule has 1 aromatic carbocycles. The lowest BCUT2D eigenvalue weighted by molar-refractivity contribution is 1.17. The molecule has 0 bridgehead atoms. The summed E-state index contributed by atoms with van der Waals surface area (Å²) in [5, 5.41) is 3.96. The van der Waals surface area contributed by atoms with Gasteiger partial charge in [0.05, 0.1) is 28.1 Å². The molecule has 16 heavy (non-hydrogen) atoms. The van der Waals surface area contributed by atoms with Crippen LogP contribution in [0.25, 0.3) is 0 Å². The van der Waals surface area contributed by atoms with Crippen LogP contribution in [-0.4, -0.2) is 9.97 Å². The van der Waals surface area contributed by atoms with Gasteiger partial charge in [0.15, 0.2) is 0 Å². The number of anilines is 3. The zero-order valence-electron chi connectivity index (χ0n) is 8.11. The second-order valence-electron chi connectivity index (χ2n) is 3.09. The van der Waals surface area contributed by atoms with Crippen LogP contribution in [0.15, 0.2) is 30.6 Å². The van der Waals surface area contributed by atoms with E-state index in [1.54, 1.807) is 18.2 Å². The van der Waals surface area contributed by atoms with E-state index in [1.807, 2.05) is 0 Å². The van der Waals surface area contributed by atoms with E-state index in [1.165, 1.54) is 12.4 Å². The van der Waals surface area contributed by atoms with Crippen molar-refractivity contribution in [3.05, 3.63) is 40.6 Å². The van der Waals surface area contributed by atoms with Crippen LogP contribution in [0.1, 0.15) is 0 Å². The molecule has 0 aliphatic carbocycles. The van der Waals surface area contributed by atoms with Gasteiger partial charge in [0, 0.05) is 5.69 Å². The largest absolute Gasteiger partial charge is 0.396 e. The molecule has 3 N–H and O–H groups in total. The van der Waals surface area contributed by atoms with E-state index in [0.29, 0.717) is 21.7 Å². The molecule has 1 aromatic heterocycles. The number of nitrogens with zero attached hydrogens (tertiary/aromatic N) is 2.